The minimum atomic E-state index is -4.59. The number of unbranched alkanes of at least 4 members (excludes halogenated alkanes) is 1. The molecule has 1 atom stereocenters. The highest BCUT2D eigenvalue weighted by atomic mass is 19.4. The molecule has 0 aliphatic rings. The molecule has 0 saturated heterocycles. The van der Waals surface area contributed by atoms with Crippen molar-refractivity contribution in [1.82, 2.24) is 0 Å². The number of carbonyl (C=O) groups is 1. The van der Waals surface area contributed by atoms with Gasteiger partial charge in [-0.25, -0.2) is 4.79 Å². The first-order valence-electron chi connectivity index (χ1n) is 4.65. The summed E-state index contributed by atoms with van der Waals surface area (Å²) in [6.45, 7) is 2.68. The van der Waals surface area contributed by atoms with E-state index in [4.69, 9.17) is 0 Å². The fraction of sp³-hybridized carbons (Fsp3) is 0.889. The summed E-state index contributed by atoms with van der Waals surface area (Å²) in [5, 5.41) is 9.22. The molecule has 0 bridgehead atoms. The quantitative estimate of drug-likeness (QED) is 0.578. The van der Waals surface area contributed by atoms with Crippen molar-refractivity contribution in [3.05, 3.63) is 0 Å². The van der Waals surface area contributed by atoms with Crippen LogP contribution in [0.25, 0.3) is 0 Å². The van der Waals surface area contributed by atoms with E-state index in [2.05, 4.69) is 4.74 Å². The van der Waals surface area contributed by atoms with Gasteiger partial charge in [0.15, 0.2) is 5.60 Å². The Hall–Kier alpha value is -0.780. The number of hydrogen-bond donors (Lipinski definition) is 1. The van der Waals surface area contributed by atoms with E-state index in [1.165, 1.54) is 0 Å². The smallest absolute Gasteiger partial charge is 0.392 e. The maximum absolute atomic E-state index is 11.9. The lowest BCUT2D eigenvalue weighted by atomic mass is 10.0. The number of rotatable bonds is 5. The predicted molar refractivity (Wildman–Crippen MR) is 47.2 cm³/mol. The van der Waals surface area contributed by atoms with Gasteiger partial charge in [-0.3, -0.25) is 0 Å². The molecule has 0 spiro atoms. The zero-order valence-electron chi connectivity index (χ0n) is 8.73. The van der Waals surface area contributed by atoms with Gasteiger partial charge in [0.1, 0.15) is 0 Å². The van der Waals surface area contributed by atoms with E-state index >= 15 is 0 Å². The van der Waals surface area contributed by atoms with Crippen LogP contribution in [0.15, 0.2) is 0 Å². The molecule has 0 fully saturated rings. The molecule has 0 aromatic heterocycles. The number of esters is 1. The van der Waals surface area contributed by atoms with Crippen molar-refractivity contribution in [2.24, 2.45) is 0 Å². The first-order valence-corrected chi connectivity index (χ1v) is 4.65. The van der Waals surface area contributed by atoms with Gasteiger partial charge in [0.05, 0.1) is 13.0 Å². The molecule has 0 aliphatic heterocycles. The Morgan fingerprint density at radius 3 is 2.33 bits per heavy atom. The van der Waals surface area contributed by atoms with E-state index in [9.17, 15) is 23.1 Å². The second kappa shape index (κ2) is 5.34. The fourth-order valence-corrected chi connectivity index (χ4v) is 0.927. The standard InChI is InChI=1S/C9H15F3O3/c1-3-4-5-15-7(13)8(2,14)6-9(10,11)12/h14H,3-6H2,1-2H3. The zero-order chi connectivity index (χ0) is 12.1. The highest BCUT2D eigenvalue weighted by Gasteiger charge is 2.44. The first-order chi connectivity index (χ1) is 6.69. The Kier molecular flexibility index (Phi) is 5.07. The van der Waals surface area contributed by atoms with Crippen molar-refractivity contribution >= 4 is 5.97 Å². The molecule has 0 aromatic carbocycles. The first kappa shape index (κ1) is 14.2. The van der Waals surface area contributed by atoms with Crippen LogP contribution in [0.5, 0.6) is 0 Å². The Bertz CT molecular complexity index is 211. The van der Waals surface area contributed by atoms with Crippen LogP contribution in [0.2, 0.25) is 0 Å². The molecule has 15 heavy (non-hydrogen) atoms. The maximum atomic E-state index is 11.9. The van der Waals surface area contributed by atoms with Crippen LogP contribution >= 0.6 is 0 Å². The van der Waals surface area contributed by atoms with Gasteiger partial charge in [-0.05, 0) is 13.3 Å². The number of ether oxygens (including phenoxy) is 1. The molecule has 0 heterocycles. The number of halogens is 3. The summed E-state index contributed by atoms with van der Waals surface area (Å²) in [5.74, 6) is -1.23. The highest BCUT2D eigenvalue weighted by Crippen LogP contribution is 2.28. The summed E-state index contributed by atoms with van der Waals surface area (Å²) in [7, 11) is 0. The topological polar surface area (TPSA) is 46.5 Å². The molecule has 6 heteroatoms. The van der Waals surface area contributed by atoms with Crippen molar-refractivity contribution in [2.45, 2.75) is 44.9 Å². The van der Waals surface area contributed by atoms with Crippen molar-refractivity contribution in [1.29, 1.82) is 0 Å². The lowest BCUT2D eigenvalue weighted by Crippen LogP contribution is -2.41. The van der Waals surface area contributed by atoms with Gasteiger partial charge in [0, 0.05) is 0 Å². The largest absolute Gasteiger partial charge is 0.464 e. The Morgan fingerprint density at radius 1 is 1.40 bits per heavy atom. The molecule has 1 N–H and O–H groups in total. The molecule has 0 aliphatic carbocycles. The molecule has 90 valence electrons. The van der Waals surface area contributed by atoms with E-state index in [0.717, 1.165) is 13.3 Å². The third kappa shape index (κ3) is 6.33. The van der Waals surface area contributed by atoms with Gasteiger partial charge in [0.25, 0.3) is 0 Å². The van der Waals surface area contributed by atoms with E-state index in [0.29, 0.717) is 6.42 Å². The minimum Gasteiger partial charge on any atom is -0.464 e. The van der Waals surface area contributed by atoms with Crippen LogP contribution in [0.1, 0.15) is 33.1 Å². The van der Waals surface area contributed by atoms with Gasteiger partial charge in [-0.2, -0.15) is 13.2 Å². The summed E-state index contributed by atoms with van der Waals surface area (Å²) in [6.07, 6.45) is -4.86. The molecule has 0 rings (SSSR count). The van der Waals surface area contributed by atoms with Crippen molar-refractivity contribution in [3.8, 4) is 0 Å². The van der Waals surface area contributed by atoms with Gasteiger partial charge in [-0.15, -0.1) is 0 Å². The van der Waals surface area contributed by atoms with Crippen molar-refractivity contribution in [2.75, 3.05) is 6.61 Å². The summed E-state index contributed by atoms with van der Waals surface area (Å²) < 4.78 is 40.3. The second-order valence-corrected chi connectivity index (χ2v) is 3.56. The number of aliphatic hydroxyl groups is 1. The van der Waals surface area contributed by atoms with Crippen molar-refractivity contribution < 1.29 is 27.8 Å². The molecule has 3 nitrogen and oxygen atoms in total. The van der Waals surface area contributed by atoms with E-state index in [1.54, 1.807) is 0 Å². The monoisotopic (exact) mass is 228 g/mol. The molecule has 1 unspecified atom stereocenters. The number of hydrogen-bond acceptors (Lipinski definition) is 3. The van der Waals surface area contributed by atoms with Gasteiger partial charge >= 0.3 is 12.1 Å². The van der Waals surface area contributed by atoms with Crippen LogP contribution in [0.3, 0.4) is 0 Å². The van der Waals surface area contributed by atoms with Crippen molar-refractivity contribution in [3.63, 3.8) is 0 Å². The van der Waals surface area contributed by atoms with Crippen LogP contribution in [-0.2, 0) is 9.53 Å². The normalized spacial score (nSPS) is 15.9. The second-order valence-electron chi connectivity index (χ2n) is 3.56. The SMILES string of the molecule is CCCCOC(=O)C(C)(O)CC(F)(F)F. The van der Waals surface area contributed by atoms with Crippen LogP contribution in [0.4, 0.5) is 13.2 Å². The number of alkyl halides is 3. The van der Waals surface area contributed by atoms with Crippen LogP contribution in [0, 0.1) is 0 Å². The molecular formula is C9H15F3O3. The van der Waals surface area contributed by atoms with Crippen LogP contribution in [-0.4, -0.2) is 29.5 Å². The summed E-state index contributed by atoms with van der Waals surface area (Å²) >= 11 is 0. The lowest BCUT2D eigenvalue weighted by Gasteiger charge is -2.22. The average molecular weight is 228 g/mol. The zero-order valence-corrected chi connectivity index (χ0v) is 8.73. The summed E-state index contributed by atoms with van der Waals surface area (Å²) in [5.41, 5.74) is -2.49. The number of carbonyl (C=O) groups excluding carboxylic acids is 1. The van der Waals surface area contributed by atoms with Crippen LogP contribution < -0.4 is 0 Å². The molecule has 0 saturated carbocycles. The lowest BCUT2D eigenvalue weighted by molar-refractivity contribution is -0.195. The molecular weight excluding hydrogens is 213 g/mol. The van der Waals surface area contributed by atoms with Gasteiger partial charge in [0.2, 0.25) is 0 Å². The minimum absolute atomic E-state index is 0.0311. The Balaban J connectivity index is 4.14. The molecule has 0 radical (unpaired) electrons. The highest BCUT2D eigenvalue weighted by molar-refractivity contribution is 5.78. The van der Waals surface area contributed by atoms with E-state index in [1.807, 2.05) is 6.92 Å². The van der Waals surface area contributed by atoms with Gasteiger partial charge in [-0.1, -0.05) is 13.3 Å². The van der Waals surface area contributed by atoms with Gasteiger partial charge < -0.3 is 9.84 Å². The van der Waals surface area contributed by atoms with E-state index < -0.39 is 24.2 Å². The fourth-order valence-electron chi connectivity index (χ4n) is 0.927. The third-order valence-corrected chi connectivity index (χ3v) is 1.72. The summed E-state index contributed by atoms with van der Waals surface area (Å²) in [4.78, 5) is 11.0. The van der Waals surface area contributed by atoms with E-state index in [-0.39, 0.29) is 6.61 Å². The third-order valence-electron chi connectivity index (χ3n) is 1.72. The molecule has 0 amide bonds. The molecule has 0 aromatic rings. The Labute approximate surface area is 86.2 Å². The predicted octanol–water partition coefficient (Wildman–Crippen LogP) is 2.03. The summed E-state index contributed by atoms with van der Waals surface area (Å²) in [6, 6.07) is 0. The maximum Gasteiger partial charge on any atom is 0.392 e. The Morgan fingerprint density at radius 2 is 1.93 bits per heavy atom. The average Bonchev–Trinajstić information content (AvgIpc) is 2.00.